The lowest BCUT2D eigenvalue weighted by molar-refractivity contribution is -0.124. The van der Waals surface area contributed by atoms with Crippen LogP contribution in [-0.4, -0.2) is 68.3 Å². The van der Waals surface area contributed by atoms with Crippen LogP contribution >= 0.6 is 0 Å². The molecule has 2 aromatic rings. The second-order valence-corrected chi connectivity index (χ2v) is 9.81. The van der Waals surface area contributed by atoms with Gasteiger partial charge in [-0.05, 0) is 68.5 Å². The number of ether oxygens (including phenoxy) is 2. The summed E-state index contributed by atoms with van der Waals surface area (Å²) >= 11 is 0. The van der Waals surface area contributed by atoms with E-state index < -0.39 is 0 Å². The number of halogens is 1. The molecule has 4 aliphatic rings. The molecule has 37 heavy (non-hydrogen) atoms. The van der Waals surface area contributed by atoms with E-state index in [0.717, 1.165) is 68.9 Å². The van der Waals surface area contributed by atoms with Gasteiger partial charge in [-0.1, -0.05) is 12.6 Å². The molecule has 9 heteroatoms. The fourth-order valence-corrected chi connectivity index (χ4v) is 5.41. The predicted molar refractivity (Wildman–Crippen MR) is 144 cm³/mol. The highest BCUT2D eigenvalue weighted by Crippen LogP contribution is 2.40. The molecule has 0 radical (unpaired) electrons. The van der Waals surface area contributed by atoms with Crippen LogP contribution in [-0.2, 0) is 16.1 Å². The number of nitrogens with one attached hydrogen (secondary N) is 2. The van der Waals surface area contributed by atoms with E-state index in [1.807, 2.05) is 15.9 Å². The Kier molecular flexibility index (Phi) is 8.21. The van der Waals surface area contributed by atoms with E-state index in [2.05, 4.69) is 34.3 Å². The summed E-state index contributed by atoms with van der Waals surface area (Å²) in [5.74, 6) is 1.77. The molecule has 8 nitrogen and oxygen atoms in total. The predicted octanol–water partition coefficient (Wildman–Crippen LogP) is 4.20. The first-order valence-electron chi connectivity index (χ1n) is 13.3. The summed E-state index contributed by atoms with van der Waals surface area (Å²) in [6.45, 7) is 10.2. The standard InChI is InChI=1S/C21H25FN4O2.C7H11NO.H2/c22-17-12-24-21-16(20(17)26-7-9-27-10-8-26)13-28-19-2-1-15(11-18(19)25-21)14-3-5-23-6-4-14;1-2-7(9)8-5-3-4-6-8;/h1-2,11-12,14,23H,3-10,13H2,(H,24,25);2H,1,3-6H2;1H. The zero-order chi connectivity index (χ0) is 25.6. The first kappa shape index (κ1) is 25.5. The number of rotatable bonds is 3. The molecule has 0 atom stereocenters. The number of pyridine rings is 1. The van der Waals surface area contributed by atoms with Crippen molar-refractivity contribution in [2.24, 2.45) is 0 Å². The molecular formula is C28H38FN5O3. The van der Waals surface area contributed by atoms with Crippen molar-refractivity contribution in [3.05, 3.63) is 54.0 Å². The average molecular weight is 512 g/mol. The van der Waals surface area contributed by atoms with Crippen molar-refractivity contribution >= 4 is 23.1 Å². The zero-order valence-electron chi connectivity index (χ0n) is 21.3. The molecule has 2 N–H and O–H groups in total. The monoisotopic (exact) mass is 511 g/mol. The Morgan fingerprint density at radius 1 is 1.16 bits per heavy atom. The van der Waals surface area contributed by atoms with Crippen LogP contribution in [0.25, 0.3) is 0 Å². The molecule has 5 heterocycles. The van der Waals surface area contributed by atoms with Gasteiger partial charge in [0, 0.05) is 27.6 Å². The Balaban J connectivity index is 0.000000288. The number of nitrogens with zero attached hydrogens (tertiary/aromatic N) is 3. The zero-order valence-corrected chi connectivity index (χ0v) is 21.3. The van der Waals surface area contributed by atoms with E-state index in [0.29, 0.717) is 50.3 Å². The summed E-state index contributed by atoms with van der Waals surface area (Å²) in [7, 11) is 0. The molecule has 0 aliphatic carbocycles. The number of fused-ring (bicyclic) bond motifs is 2. The Bertz CT molecular complexity index is 1120. The second-order valence-electron chi connectivity index (χ2n) is 9.81. The van der Waals surface area contributed by atoms with Crippen molar-refractivity contribution in [1.29, 1.82) is 0 Å². The molecule has 200 valence electrons. The highest BCUT2D eigenvalue weighted by Gasteiger charge is 2.26. The number of carbonyl (C=O) groups is 1. The number of morpholine rings is 1. The van der Waals surface area contributed by atoms with Gasteiger partial charge in [0.1, 0.15) is 18.2 Å². The number of aromatic nitrogens is 1. The van der Waals surface area contributed by atoms with Crippen LogP contribution < -0.4 is 20.3 Å². The summed E-state index contributed by atoms with van der Waals surface area (Å²) in [4.78, 5) is 19.0. The molecule has 3 fully saturated rings. The number of likely N-dealkylation sites (tertiary alicyclic amines) is 1. The molecule has 4 aliphatic heterocycles. The summed E-state index contributed by atoms with van der Waals surface area (Å²) in [5.41, 5.74) is 3.56. The maximum Gasteiger partial charge on any atom is 0.245 e. The van der Waals surface area contributed by atoms with Crippen LogP contribution in [0.5, 0.6) is 5.75 Å². The fraction of sp³-hybridized carbons (Fsp3) is 0.500. The molecule has 6 rings (SSSR count). The molecule has 0 saturated carbocycles. The minimum atomic E-state index is -0.313. The Morgan fingerprint density at radius 2 is 1.92 bits per heavy atom. The second kappa shape index (κ2) is 11.9. The van der Waals surface area contributed by atoms with Crippen molar-refractivity contribution in [1.82, 2.24) is 15.2 Å². The number of piperidine rings is 1. The summed E-state index contributed by atoms with van der Waals surface area (Å²) in [6.07, 6.45) is 7.27. The van der Waals surface area contributed by atoms with Gasteiger partial charge >= 0.3 is 0 Å². The molecule has 1 aromatic carbocycles. The molecule has 1 amide bonds. The van der Waals surface area contributed by atoms with Crippen molar-refractivity contribution in [3.63, 3.8) is 0 Å². The first-order valence-corrected chi connectivity index (χ1v) is 13.3. The van der Waals surface area contributed by atoms with Crippen LogP contribution in [0.4, 0.5) is 21.6 Å². The van der Waals surface area contributed by atoms with Gasteiger partial charge in [0.15, 0.2) is 5.82 Å². The van der Waals surface area contributed by atoms with E-state index in [9.17, 15) is 9.18 Å². The summed E-state index contributed by atoms with van der Waals surface area (Å²) < 4.78 is 26.2. The molecule has 0 spiro atoms. The largest absolute Gasteiger partial charge is 0.486 e. The normalized spacial score (nSPS) is 19.4. The number of hydrogen-bond donors (Lipinski definition) is 2. The van der Waals surface area contributed by atoms with Crippen molar-refractivity contribution < 1.29 is 20.1 Å². The maximum absolute atomic E-state index is 14.7. The number of carbonyl (C=O) groups excluding carboxylic acids is 1. The van der Waals surface area contributed by atoms with Gasteiger partial charge < -0.3 is 29.9 Å². The fourth-order valence-electron chi connectivity index (χ4n) is 5.41. The van der Waals surface area contributed by atoms with Crippen molar-refractivity contribution in [3.8, 4) is 5.75 Å². The third-order valence-corrected chi connectivity index (χ3v) is 7.46. The summed E-state index contributed by atoms with van der Waals surface area (Å²) in [6, 6.07) is 6.35. The third kappa shape index (κ3) is 5.88. The van der Waals surface area contributed by atoms with Crippen LogP contribution in [0.2, 0.25) is 0 Å². The lowest BCUT2D eigenvalue weighted by Crippen LogP contribution is -2.37. The van der Waals surface area contributed by atoms with Crippen molar-refractivity contribution in [2.75, 3.05) is 62.7 Å². The number of benzene rings is 1. The molecule has 1 aromatic heterocycles. The topological polar surface area (TPSA) is 79.0 Å². The van der Waals surface area contributed by atoms with Gasteiger partial charge in [-0.25, -0.2) is 9.37 Å². The Labute approximate surface area is 219 Å². The number of anilines is 3. The van der Waals surface area contributed by atoms with Gasteiger partial charge in [0.2, 0.25) is 5.91 Å². The van der Waals surface area contributed by atoms with Crippen LogP contribution in [0.3, 0.4) is 0 Å². The van der Waals surface area contributed by atoms with Crippen LogP contribution in [0.15, 0.2) is 37.1 Å². The van der Waals surface area contributed by atoms with Crippen LogP contribution in [0, 0.1) is 5.82 Å². The van der Waals surface area contributed by atoms with E-state index in [-0.39, 0.29) is 13.2 Å². The van der Waals surface area contributed by atoms with E-state index in [1.165, 1.54) is 17.8 Å². The van der Waals surface area contributed by atoms with Gasteiger partial charge in [-0.2, -0.15) is 0 Å². The Morgan fingerprint density at radius 3 is 2.65 bits per heavy atom. The average Bonchev–Trinajstić information content (AvgIpc) is 3.43. The number of amides is 1. The smallest absolute Gasteiger partial charge is 0.245 e. The molecule has 3 saturated heterocycles. The van der Waals surface area contributed by atoms with Gasteiger partial charge in [-0.3, -0.25) is 4.79 Å². The summed E-state index contributed by atoms with van der Waals surface area (Å²) in [5, 5.41) is 6.83. The highest BCUT2D eigenvalue weighted by atomic mass is 19.1. The van der Waals surface area contributed by atoms with Crippen molar-refractivity contribution in [2.45, 2.75) is 38.2 Å². The van der Waals surface area contributed by atoms with E-state index in [1.54, 1.807) is 0 Å². The Hall–Kier alpha value is -3.17. The van der Waals surface area contributed by atoms with Gasteiger partial charge in [0.25, 0.3) is 0 Å². The van der Waals surface area contributed by atoms with Crippen LogP contribution in [0.1, 0.15) is 44.2 Å². The van der Waals surface area contributed by atoms with Gasteiger partial charge in [0.05, 0.1) is 36.3 Å². The van der Waals surface area contributed by atoms with E-state index >= 15 is 0 Å². The quantitative estimate of drug-likeness (QED) is 0.598. The maximum atomic E-state index is 14.7. The van der Waals surface area contributed by atoms with E-state index in [4.69, 9.17) is 9.47 Å². The SMILES string of the molecule is C=CC(=O)N1CCCC1.Fc1cnc2c(c1N1CCOCC1)COc1ccc(C3CCNCC3)cc1N2.[HH]. The lowest BCUT2D eigenvalue weighted by atomic mass is 9.90. The third-order valence-electron chi connectivity index (χ3n) is 7.46. The molecule has 0 bridgehead atoms. The number of hydrogen-bond acceptors (Lipinski definition) is 7. The lowest BCUT2D eigenvalue weighted by Gasteiger charge is -2.31. The molecule has 0 unspecified atom stereocenters. The minimum absolute atomic E-state index is 0. The van der Waals surface area contributed by atoms with Gasteiger partial charge in [-0.15, -0.1) is 0 Å². The first-order chi connectivity index (χ1) is 18.1. The molecular weight excluding hydrogens is 473 g/mol. The minimum Gasteiger partial charge on any atom is -0.486 e. The highest BCUT2D eigenvalue weighted by molar-refractivity contribution is 5.87.